The number of aryl methyl sites for hydroxylation is 1. The van der Waals surface area contributed by atoms with Crippen LogP contribution in [0.3, 0.4) is 0 Å². The second kappa shape index (κ2) is 9.35. The molecule has 1 heterocycles. The van der Waals surface area contributed by atoms with E-state index >= 15 is 0 Å². The van der Waals surface area contributed by atoms with Gasteiger partial charge in [0, 0.05) is 24.2 Å². The molecule has 0 bridgehead atoms. The van der Waals surface area contributed by atoms with E-state index in [4.69, 9.17) is 4.52 Å². The van der Waals surface area contributed by atoms with Crippen LogP contribution in [0.25, 0.3) is 22.4 Å². The minimum atomic E-state index is -0.0660. The molecule has 27 heavy (non-hydrogen) atoms. The van der Waals surface area contributed by atoms with Gasteiger partial charge in [-0.15, -0.1) is 12.4 Å². The summed E-state index contributed by atoms with van der Waals surface area (Å²) in [6, 6.07) is 17.5. The number of halogens is 1. The molecule has 3 aromatic rings. The first-order chi connectivity index (χ1) is 12.6. The molecular weight excluding hydrogens is 362 g/mol. The monoisotopic (exact) mass is 385 g/mol. The van der Waals surface area contributed by atoms with Gasteiger partial charge in [-0.3, -0.25) is 4.79 Å². The van der Waals surface area contributed by atoms with Crippen LogP contribution in [0.4, 0.5) is 0 Å². The minimum absolute atomic E-state index is 0. The zero-order chi connectivity index (χ0) is 18.5. The molecule has 0 atom stereocenters. The number of aromatic nitrogens is 1. The second-order valence-corrected chi connectivity index (χ2v) is 6.46. The van der Waals surface area contributed by atoms with Crippen LogP contribution in [-0.2, 0) is 0 Å². The summed E-state index contributed by atoms with van der Waals surface area (Å²) >= 11 is 0. The Bertz CT molecular complexity index is 874. The van der Waals surface area contributed by atoms with Gasteiger partial charge in [-0.25, -0.2) is 0 Å². The zero-order valence-electron chi connectivity index (χ0n) is 15.7. The molecule has 142 valence electrons. The first kappa shape index (κ1) is 20.7. The summed E-state index contributed by atoms with van der Waals surface area (Å²) in [7, 11) is 3.96. The number of nitrogens with one attached hydrogen (secondary N) is 1. The number of carbonyl (C=O) groups is 1. The number of carbonyl (C=O) groups excluding carboxylic acids is 1. The summed E-state index contributed by atoms with van der Waals surface area (Å²) in [4.78, 5) is 14.2. The summed E-state index contributed by atoms with van der Waals surface area (Å²) < 4.78 is 5.42. The van der Waals surface area contributed by atoms with E-state index in [0.717, 1.165) is 34.7 Å². The molecule has 1 aromatic heterocycles. The molecule has 0 saturated heterocycles. The van der Waals surface area contributed by atoms with Crippen LogP contribution in [-0.4, -0.2) is 43.1 Å². The lowest BCUT2D eigenvalue weighted by atomic mass is 9.98. The van der Waals surface area contributed by atoms with Gasteiger partial charge in [0.2, 0.25) is 0 Å². The molecule has 0 fully saturated rings. The molecular formula is C21H24ClN3O2. The fourth-order valence-electron chi connectivity index (χ4n) is 2.79. The Labute approximate surface area is 165 Å². The fraction of sp³-hybridized carbons (Fsp3) is 0.238. The first-order valence-corrected chi connectivity index (χ1v) is 8.61. The Morgan fingerprint density at radius 1 is 1.04 bits per heavy atom. The third-order valence-corrected chi connectivity index (χ3v) is 4.19. The van der Waals surface area contributed by atoms with Gasteiger partial charge < -0.3 is 14.7 Å². The van der Waals surface area contributed by atoms with Crippen molar-refractivity contribution in [3.05, 3.63) is 65.9 Å². The van der Waals surface area contributed by atoms with Crippen LogP contribution in [0.1, 0.15) is 16.1 Å². The van der Waals surface area contributed by atoms with Gasteiger partial charge in [0.15, 0.2) is 0 Å². The van der Waals surface area contributed by atoms with Crippen LogP contribution in [0.15, 0.2) is 59.1 Å². The summed E-state index contributed by atoms with van der Waals surface area (Å²) in [6.07, 6.45) is 0. The highest BCUT2D eigenvalue weighted by Crippen LogP contribution is 2.34. The number of hydrogen-bond acceptors (Lipinski definition) is 4. The van der Waals surface area contributed by atoms with E-state index in [1.807, 2.05) is 80.5 Å². The topological polar surface area (TPSA) is 58.4 Å². The van der Waals surface area contributed by atoms with Gasteiger partial charge in [0.1, 0.15) is 11.5 Å². The van der Waals surface area contributed by atoms with Crippen molar-refractivity contribution in [3.8, 4) is 22.4 Å². The number of rotatable bonds is 6. The van der Waals surface area contributed by atoms with E-state index in [1.165, 1.54) is 0 Å². The fourth-order valence-corrected chi connectivity index (χ4v) is 2.79. The largest absolute Gasteiger partial charge is 0.360 e. The third kappa shape index (κ3) is 4.96. The van der Waals surface area contributed by atoms with Crippen LogP contribution in [0.5, 0.6) is 0 Å². The lowest BCUT2D eigenvalue weighted by molar-refractivity contribution is 0.0951. The van der Waals surface area contributed by atoms with Gasteiger partial charge in [-0.2, -0.15) is 0 Å². The Kier molecular flexibility index (Phi) is 7.16. The van der Waals surface area contributed by atoms with Crippen molar-refractivity contribution in [2.45, 2.75) is 6.92 Å². The van der Waals surface area contributed by atoms with Crippen molar-refractivity contribution in [2.24, 2.45) is 0 Å². The molecule has 0 radical (unpaired) electrons. The molecule has 5 nitrogen and oxygen atoms in total. The number of benzene rings is 2. The maximum atomic E-state index is 12.2. The Morgan fingerprint density at radius 2 is 1.70 bits per heavy atom. The van der Waals surface area contributed by atoms with Crippen molar-refractivity contribution in [3.63, 3.8) is 0 Å². The van der Waals surface area contributed by atoms with Crippen molar-refractivity contribution in [1.29, 1.82) is 0 Å². The molecule has 0 aliphatic carbocycles. The Hall–Kier alpha value is -2.63. The van der Waals surface area contributed by atoms with E-state index in [1.54, 1.807) is 0 Å². The highest BCUT2D eigenvalue weighted by molar-refractivity contribution is 5.95. The van der Waals surface area contributed by atoms with E-state index < -0.39 is 0 Å². The molecule has 0 aliphatic rings. The quantitative estimate of drug-likeness (QED) is 0.696. The average Bonchev–Trinajstić information content (AvgIpc) is 3.03. The number of amides is 1. The van der Waals surface area contributed by atoms with Crippen molar-refractivity contribution < 1.29 is 9.32 Å². The lowest BCUT2D eigenvalue weighted by Gasteiger charge is -2.10. The van der Waals surface area contributed by atoms with Crippen LogP contribution in [0.2, 0.25) is 0 Å². The smallest absolute Gasteiger partial charge is 0.251 e. The SMILES string of the molecule is Cc1onc(-c2ccccc2)c1-c1ccc(C(=O)NCCN(C)C)cc1.Cl. The number of likely N-dealkylation sites (N-methyl/N-ethyl adjacent to an activating group) is 1. The van der Waals surface area contributed by atoms with Gasteiger partial charge in [0.05, 0.1) is 5.56 Å². The van der Waals surface area contributed by atoms with Crippen LogP contribution < -0.4 is 5.32 Å². The summed E-state index contributed by atoms with van der Waals surface area (Å²) in [5, 5.41) is 7.14. The summed E-state index contributed by atoms with van der Waals surface area (Å²) in [5.41, 5.74) is 4.39. The third-order valence-electron chi connectivity index (χ3n) is 4.19. The van der Waals surface area contributed by atoms with Crippen molar-refractivity contribution in [2.75, 3.05) is 27.2 Å². The van der Waals surface area contributed by atoms with Crippen molar-refractivity contribution >= 4 is 18.3 Å². The predicted octanol–water partition coefficient (Wildman–Crippen LogP) is 4.03. The molecule has 6 heteroatoms. The predicted molar refractivity (Wildman–Crippen MR) is 110 cm³/mol. The second-order valence-electron chi connectivity index (χ2n) is 6.46. The minimum Gasteiger partial charge on any atom is -0.360 e. The Balaban J connectivity index is 0.00000261. The Morgan fingerprint density at radius 3 is 2.33 bits per heavy atom. The molecule has 0 spiro atoms. The van der Waals surface area contributed by atoms with Gasteiger partial charge in [-0.05, 0) is 38.7 Å². The maximum absolute atomic E-state index is 12.2. The van der Waals surface area contributed by atoms with E-state index in [0.29, 0.717) is 12.1 Å². The number of hydrogen-bond donors (Lipinski definition) is 1. The van der Waals surface area contributed by atoms with Crippen molar-refractivity contribution in [1.82, 2.24) is 15.4 Å². The zero-order valence-corrected chi connectivity index (χ0v) is 16.5. The maximum Gasteiger partial charge on any atom is 0.251 e. The van der Waals surface area contributed by atoms with E-state index in [-0.39, 0.29) is 18.3 Å². The molecule has 0 saturated carbocycles. The molecule has 3 rings (SSSR count). The lowest BCUT2D eigenvalue weighted by Crippen LogP contribution is -2.31. The molecule has 1 N–H and O–H groups in total. The molecule has 0 unspecified atom stereocenters. The standard InChI is InChI=1S/C21H23N3O2.ClH/c1-15-19(20(23-26-15)17-7-5-4-6-8-17)16-9-11-18(12-10-16)21(25)22-13-14-24(2)3;/h4-12H,13-14H2,1-3H3,(H,22,25);1H. The van der Waals surface area contributed by atoms with Crippen LogP contribution in [0, 0.1) is 6.92 Å². The normalized spacial score (nSPS) is 10.5. The summed E-state index contributed by atoms with van der Waals surface area (Å²) in [6.45, 7) is 3.33. The van der Waals surface area contributed by atoms with E-state index in [2.05, 4.69) is 10.5 Å². The van der Waals surface area contributed by atoms with Gasteiger partial charge in [0.25, 0.3) is 5.91 Å². The van der Waals surface area contributed by atoms with Gasteiger partial charge >= 0.3 is 0 Å². The first-order valence-electron chi connectivity index (χ1n) is 8.61. The highest BCUT2D eigenvalue weighted by atomic mass is 35.5. The highest BCUT2D eigenvalue weighted by Gasteiger charge is 2.16. The number of nitrogens with zero attached hydrogens (tertiary/aromatic N) is 2. The molecule has 0 aliphatic heterocycles. The average molecular weight is 386 g/mol. The molecule has 1 amide bonds. The van der Waals surface area contributed by atoms with E-state index in [9.17, 15) is 4.79 Å². The van der Waals surface area contributed by atoms with Crippen LogP contribution >= 0.6 is 12.4 Å². The molecule has 2 aromatic carbocycles. The van der Waals surface area contributed by atoms with Gasteiger partial charge in [-0.1, -0.05) is 47.6 Å². The summed E-state index contributed by atoms with van der Waals surface area (Å²) in [5.74, 6) is 0.691.